The molecule has 11 nitrogen and oxygen atoms in total. The van der Waals surface area contributed by atoms with Crippen molar-refractivity contribution in [2.75, 3.05) is 10.6 Å². The Morgan fingerprint density at radius 1 is 1.12 bits per heavy atom. The molecule has 1 aromatic carbocycles. The lowest BCUT2D eigenvalue weighted by Crippen LogP contribution is -2.31. The number of carbonyl (C=O) groups is 1. The van der Waals surface area contributed by atoms with Gasteiger partial charge in [-0.05, 0) is 36.8 Å². The first-order valence-electron chi connectivity index (χ1n) is 10.3. The van der Waals surface area contributed by atoms with Gasteiger partial charge in [-0.1, -0.05) is 12.1 Å². The number of hydrogen-bond acceptors (Lipinski definition) is 8. The molecule has 0 radical (unpaired) electrons. The standard InChI is InChI=1S/C23H18N8O3/c1-14-19(22(32)27-17-7-4-10-25-13-17)20(15-5-2-8-18(11-15)31(33)34)30-23(26-14)28-21(29-30)16-6-3-9-24-12-16/h2-13,20H,1H3,(H,27,32)(H,26,28,29)/t20-/m0/s1. The van der Waals surface area contributed by atoms with E-state index in [-0.39, 0.29) is 5.69 Å². The third-order valence-electron chi connectivity index (χ3n) is 5.33. The number of nitro groups is 1. The molecule has 0 unspecified atom stereocenters. The number of allylic oxidation sites excluding steroid dienone is 1. The topological polar surface area (TPSA) is 141 Å². The first kappa shape index (κ1) is 20.9. The van der Waals surface area contributed by atoms with Crippen molar-refractivity contribution in [3.63, 3.8) is 0 Å². The predicted octanol–water partition coefficient (Wildman–Crippen LogP) is 3.57. The lowest BCUT2D eigenvalue weighted by molar-refractivity contribution is -0.384. The fraction of sp³-hybridized carbons (Fsp3) is 0.0870. The third-order valence-corrected chi connectivity index (χ3v) is 5.33. The van der Waals surface area contributed by atoms with E-state index in [2.05, 4.69) is 30.7 Å². The van der Waals surface area contributed by atoms with Crippen LogP contribution in [0, 0.1) is 10.1 Å². The molecule has 0 fully saturated rings. The van der Waals surface area contributed by atoms with E-state index in [1.807, 2.05) is 6.07 Å². The van der Waals surface area contributed by atoms with Crippen molar-refractivity contribution < 1.29 is 9.72 Å². The van der Waals surface area contributed by atoms with Gasteiger partial charge in [0.05, 0.1) is 22.4 Å². The summed E-state index contributed by atoms with van der Waals surface area (Å²) in [4.78, 5) is 37.1. The van der Waals surface area contributed by atoms with E-state index in [9.17, 15) is 14.9 Å². The Bertz CT molecular complexity index is 1420. The first-order chi connectivity index (χ1) is 16.5. The van der Waals surface area contributed by atoms with Gasteiger partial charge in [0.15, 0.2) is 5.82 Å². The molecular weight excluding hydrogens is 436 g/mol. The second kappa shape index (κ2) is 8.54. The monoisotopic (exact) mass is 454 g/mol. The summed E-state index contributed by atoms with van der Waals surface area (Å²) in [6.07, 6.45) is 6.43. The molecule has 2 N–H and O–H groups in total. The maximum Gasteiger partial charge on any atom is 0.269 e. The first-order valence-corrected chi connectivity index (χ1v) is 10.3. The van der Waals surface area contributed by atoms with Crippen molar-refractivity contribution in [2.24, 2.45) is 0 Å². The highest BCUT2D eigenvalue weighted by Crippen LogP contribution is 2.37. The lowest BCUT2D eigenvalue weighted by Gasteiger charge is -2.28. The maximum atomic E-state index is 13.4. The number of carbonyl (C=O) groups excluding carboxylic acids is 1. The molecule has 4 aromatic rings. The van der Waals surface area contributed by atoms with Crippen molar-refractivity contribution in [1.29, 1.82) is 0 Å². The molecule has 0 aliphatic carbocycles. The van der Waals surface area contributed by atoms with Crippen molar-refractivity contribution in [2.45, 2.75) is 13.0 Å². The van der Waals surface area contributed by atoms with Crippen LogP contribution in [-0.2, 0) is 4.79 Å². The molecule has 0 saturated heterocycles. The van der Waals surface area contributed by atoms with Gasteiger partial charge in [0.1, 0.15) is 6.04 Å². The van der Waals surface area contributed by atoms with Crippen molar-refractivity contribution >= 4 is 23.2 Å². The number of fused-ring (bicyclic) bond motifs is 1. The zero-order valence-corrected chi connectivity index (χ0v) is 17.9. The van der Waals surface area contributed by atoms with Crippen LogP contribution in [0.5, 0.6) is 0 Å². The Morgan fingerprint density at radius 3 is 2.62 bits per heavy atom. The quantitative estimate of drug-likeness (QED) is 0.344. The molecule has 0 saturated carbocycles. The van der Waals surface area contributed by atoms with Gasteiger partial charge in [-0.15, -0.1) is 5.10 Å². The van der Waals surface area contributed by atoms with Crippen LogP contribution >= 0.6 is 0 Å². The number of aromatic nitrogens is 5. The van der Waals surface area contributed by atoms with Crippen LogP contribution < -0.4 is 10.6 Å². The number of nitro benzene ring substituents is 1. The van der Waals surface area contributed by atoms with E-state index in [1.165, 1.54) is 18.3 Å². The van der Waals surface area contributed by atoms with E-state index in [4.69, 9.17) is 0 Å². The number of hydrogen-bond donors (Lipinski definition) is 2. The van der Waals surface area contributed by atoms with Gasteiger partial charge in [0.2, 0.25) is 5.95 Å². The highest BCUT2D eigenvalue weighted by atomic mass is 16.6. The molecule has 3 aromatic heterocycles. The summed E-state index contributed by atoms with van der Waals surface area (Å²) in [6, 6.07) is 12.4. The van der Waals surface area contributed by atoms with Gasteiger partial charge in [0, 0.05) is 42.0 Å². The van der Waals surface area contributed by atoms with E-state index >= 15 is 0 Å². The second-order valence-electron chi connectivity index (χ2n) is 7.56. The molecule has 4 heterocycles. The van der Waals surface area contributed by atoms with E-state index in [1.54, 1.807) is 60.5 Å². The van der Waals surface area contributed by atoms with Gasteiger partial charge in [-0.3, -0.25) is 24.9 Å². The molecule has 1 atom stereocenters. The average Bonchev–Trinajstić information content (AvgIpc) is 3.28. The smallest absolute Gasteiger partial charge is 0.269 e. The number of non-ortho nitro benzene ring substituents is 1. The third kappa shape index (κ3) is 3.86. The summed E-state index contributed by atoms with van der Waals surface area (Å²) < 4.78 is 1.56. The summed E-state index contributed by atoms with van der Waals surface area (Å²) in [6.45, 7) is 1.75. The molecule has 5 rings (SSSR count). The van der Waals surface area contributed by atoms with Gasteiger partial charge >= 0.3 is 0 Å². The Morgan fingerprint density at radius 2 is 1.91 bits per heavy atom. The zero-order chi connectivity index (χ0) is 23.7. The van der Waals surface area contributed by atoms with Gasteiger partial charge in [-0.25, -0.2) is 4.68 Å². The minimum atomic E-state index is -0.759. The normalized spacial score (nSPS) is 14.8. The van der Waals surface area contributed by atoms with Gasteiger partial charge < -0.3 is 10.6 Å². The van der Waals surface area contributed by atoms with Crippen LogP contribution in [-0.4, -0.2) is 35.6 Å². The summed E-state index contributed by atoms with van der Waals surface area (Å²) in [5.74, 6) is 0.428. The average molecular weight is 454 g/mol. The van der Waals surface area contributed by atoms with Crippen LogP contribution in [0.15, 0.2) is 84.6 Å². The van der Waals surface area contributed by atoms with E-state index in [0.717, 1.165) is 0 Å². The molecular formula is C23H18N8O3. The van der Waals surface area contributed by atoms with E-state index in [0.29, 0.717) is 39.9 Å². The fourth-order valence-corrected chi connectivity index (χ4v) is 3.81. The molecule has 1 amide bonds. The minimum absolute atomic E-state index is 0.0881. The largest absolute Gasteiger partial charge is 0.328 e. The predicted molar refractivity (Wildman–Crippen MR) is 124 cm³/mol. The molecule has 34 heavy (non-hydrogen) atoms. The van der Waals surface area contributed by atoms with Crippen LogP contribution in [0.2, 0.25) is 0 Å². The van der Waals surface area contributed by atoms with Crippen molar-refractivity contribution in [3.05, 3.63) is 100 Å². The fourth-order valence-electron chi connectivity index (χ4n) is 3.81. The Balaban J connectivity index is 1.63. The Kier molecular flexibility index (Phi) is 5.26. The van der Waals surface area contributed by atoms with Crippen LogP contribution in [0.4, 0.5) is 17.3 Å². The van der Waals surface area contributed by atoms with Gasteiger partial charge in [0.25, 0.3) is 11.6 Å². The molecule has 0 bridgehead atoms. The number of rotatable bonds is 5. The highest BCUT2D eigenvalue weighted by molar-refractivity contribution is 6.06. The lowest BCUT2D eigenvalue weighted by atomic mass is 9.94. The number of pyridine rings is 2. The summed E-state index contributed by atoms with van der Waals surface area (Å²) in [7, 11) is 0. The Hall–Kier alpha value is -4.93. The second-order valence-corrected chi connectivity index (χ2v) is 7.56. The van der Waals surface area contributed by atoms with Crippen molar-refractivity contribution in [1.82, 2.24) is 24.7 Å². The Labute approximate surface area is 193 Å². The number of nitrogens with one attached hydrogen (secondary N) is 2. The minimum Gasteiger partial charge on any atom is -0.328 e. The number of amides is 1. The maximum absolute atomic E-state index is 13.4. The molecule has 168 valence electrons. The number of nitrogens with zero attached hydrogens (tertiary/aromatic N) is 6. The van der Waals surface area contributed by atoms with Crippen LogP contribution in [0.3, 0.4) is 0 Å². The molecule has 0 spiro atoms. The zero-order valence-electron chi connectivity index (χ0n) is 17.9. The number of anilines is 2. The summed E-state index contributed by atoms with van der Waals surface area (Å²) in [5.41, 5.74) is 2.55. The molecule has 1 aliphatic rings. The van der Waals surface area contributed by atoms with Crippen LogP contribution in [0.1, 0.15) is 18.5 Å². The summed E-state index contributed by atoms with van der Waals surface area (Å²) >= 11 is 0. The van der Waals surface area contributed by atoms with Crippen LogP contribution in [0.25, 0.3) is 11.4 Å². The SMILES string of the molecule is CC1=C(C(=O)Nc2cccnc2)[C@H](c2cccc([N+](=O)[O-])c2)n2nc(-c3cccnc3)nc2N1. The van der Waals surface area contributed by atoms with Crippen molar-refractivity contribution in [3.8, 4) is 11.4 Å². The molecule has 1 aliphatic heterocycles. The highest BCUT2D eigenvalue weighted by Gasteiger charge is 2.35. The summed E-state index contributed by atoms with van der Waals surface area (Å²) in [5, 5.41) is 22.1. The van der Waals surface area contributed by atoms with Gasteiger partial charge in [-0.2, -0.15) is 4.98 Å². The number of benzene rings is 1. The van der Waals surface area contributed by atoms with E-state index < -0.39 is 16.9 Å². The molecule has 11 heteroatoms.